The minimum absolute atomic E-state index is 0.496. The standard InChI is InChI=1S/C25H25ClN2O2S.C4H10.CH5NS/c1-24(2)29-15-25(3,30-24)17-8-10-27-21(13-17)19-9-11-28-22-14-18(31-23(19)22)12-16-6-4-5-7-20(16)26;1-4(2)3;1-2-3/h4,6,8-11,13-14H,5,7,12,15H2,1-3H3;4H,1-3H3;2-3H,1H3. The third-order valence-electron chi connectivity index (χ3n) is 5.84. The van der Waals surface area contributed by atoms with Crippen molar-refractivity contribution in [3.05, 3.63) is 69.9 Å². The Kier molecular flexibility index (Phi) is 11.0. The number of nitrogens with zero attached hydrogens (tertiary/aromatic N) is 2. The van der Waals surface area contributed by atoms with Gasteiger partial charge in [0.1, 0.15) is 5.60 Å². The van der Waals surface area contributed by atoms with Gasteiger partial charge in [0, 0.05) is 34.3 Å². The second-order valence-corrected chi connectivity index (χ2v) is 12.8. The molecule has 0 bridgehead atoms. The van der Waals surface area contributed by atoms with Crippen LogP contribution in [0.4, 0.5) is 0 Å². The first-order valence-corrected chi connectivity index (χ1v) is 14.7. The number of hydrogen-bond donors (Lipinski definition) is 2. The van der Waals surface area contributed by atoms with E-state index in [1.807, 2.05) is 38.4 Å². The van der Waals surface area contributed by atoms with Crippen molar-refractivity contribution in [2.45, 2.75) is 72.2 Å². The van der Waals surface area contributed by atoms with Crippen LogP contribution in [0.15, 0.2) is 59.4 Å². The Morgan fingerprint density at radius 3 is 2.45 bits per heavy atom. The van der Waals surface area contributed by atoms with Crippen molar-refractivity contribution in [2.24, 2.45) is 5.92 Å². The second kappa shape index (κ2) is 13.6. The summed E-state index contributed by atoms with van der Waals surface area (Å²) < 4.78 is 15.6. The highest BCUT2D eigenvalue weighted by Gasteiger charge is 2.43. The molecule has 1 fully saturated rings. The zero-order chi connectivity index (χ0) is 27.9. The number of allylic oxidation sites excluding steroid dienone is 4. The molecule has 1 unspecified atom stereocenters. The van der Waals surface area contributed by atoms with E-state index in [1.54, 1.807) is 18.4 Å². The Balaban J connectivity index is 0.000000515. The lowest BCUT2D eigenvalue weighted by molar-refractivity contribution is -0.159. The predicted molar refractivity (Wildman–Crippen MR) is 165 cm³/mol. The van der Waals surface area contributed by atoms with E-state index in [9.17, 15) is 0 Å². The van der Waals surface area contributed by atoms with Crippen molar-refractivity contribution in [3.8, 4) is 11.3 Å². The van der Waals surface area contributed by atoms with Gasteiger partial charge in [0.2, 0.25) is 0 Å². The molecule has 1 saturated heterocycles. The number of hydrogen-bond acceptors (Lipinski definition) is 7. The first-order valence-electron chi connectivity index (χ1n) is 13.0. The lowest BCUT2D eigenvalue weighted by Gasteiger charge is -2.25. The predicted octanol–water partition coefficient (Wildman–Crippen LogP) is 8.45. The fraction of sp³-hybridized carbons (Fsp3) is 0.467. The first-order chi connectivity index (χ1) is 18.0. The molecule has 38 heavy (non-hydrogen) atoms. The van der Waals surface area contributed by atoms with Crippen molar-refractivity contribution < 1.29 is 9.47 Å². The van der Waals surface area contributed by atoms with Crippen LogP contribution in [0.2, 0.25) is 0 Å². The van der Waals surface area contributed by atoms with Gasteiger partial charge in [-0.1, -0.05) is 57.3 Å². The number of fused-ring (bicyclic) bond motifs is 1. The third kappa shape index (κ3) is 8.13. The van der Waals surface area contributed by atoms with Gasteiger partial charge in [0.05, 0.1) is 22.5 Å². The Morgan fingerprint density at radius 1 is 1.13 bits per heavy atom. The third-order valence-corrected chi connectivity index (χ3v) is 7.43. The van der Waals surface area contributed by atoms with Gasteiger partial charge in [0.25, 0.3) is 0 Å². The average molecular weight is 574 g/mol. The van der Waals surface area contributed by atoms with E-state index < -0.39 is 11.4 Å². The molecule has 0 aromatic carbocycles. The second-order valence-electron chi connectivity index (χ2n) is 10.7. The molecule has 0 amide bonds. The molecule has 0 spiro atoms. The molecule has 0 radical (unpaired) electrons. The monoisotopic (exact) mass is 573 g/mol. The van der Waals surface area contributed by atoms with Crippen LogP contribution in [0.1, 0.15) is 64.8 Å². The van der Waals surface area contributed by atoms with Crippen LogP contribution in [-0.4, -0.2) is 29.4 Å². The number of rotatable bonds is 4. The van der Waals surface area contributed by atoms with Crippen molar-refractivity contribution in [3.63, 3.8) is 0 Å². The van der Waals surface area contributed by atoms with Crippen LogP contribution in [0, 0.1) is 5.92 Å². The smallest absolute Gasteiger partial charge is 0.164 e. The van der Waals surface area contributed by atoms with Gasteiger partial charge >= 0.3 is 0 Å². The molecular formula is C30H40ClN3O2S2. The van der Waals surface area contributed by atoms with E-state index in [4.69, 9.17) is 21.1 Å². The largest absolute Gasteiger partial charge is 0.347 e. The molecule has 4 heterocycles. The fourth-order valence-corrected chi connectivity index (χ4v) is 5.67. The lowest BCUT2D eigenvalue weighted by Crippen LogP contribution is -2.28. The minimum atomic E-state index is -0.589. The molecule has 1 aliphatic heterocycles. The Labute approximate surface area is 242 Å². The zero-order valence-electron chi connectivity index (χ0n) is 23.5. The molecule has 206 valence electrons. The van der Waals surface area contributed by atoms with Crippen LogP contribution in [-0.2, 0) is 21.5 Å². The minimum Gasteiger partial charge on any atom is -0.347 e. The van der Waals surface area contributed by atoms with Crippen LogP contribution >= 0.6 is 35.8 Å². The summed E-state index contributed by atoms with van der Waals surface area (Å²) in [6.45, 7) is 13.0. The SMILES string of the molecule is CC(C)C.CC1(C)OCC(C)(c2ccnc(-c3ccnc4cc(CC5=C(Cl)CCC=C5)sc34)c2)O1.CNS. The number of aromatic nitrogens is 2. The number of thiophene rings is 1. The first kappa shape index (κ1) is 30.8. The van der Waals surface area contributed by atoms with E-state index in [0.29, 0.717) is 6.61 Å². The maximum absolute atomic E-state index is 6.46. The summed E-state index contributed by atoms with van der Waals surface area (Å²) in [6.07, 6.45) is 10.8. The van der Waals surface area contributed by atoms with Crippen LogP contribution in [0.3, 0.4) is 0 Å². The van der Waals surface area contributed by atoms with Crippen LogP contribution < -0.4 is 4.72 Å². The van der Waals surface area contributed by atoms with Gasteiger partial charge in [-0.3, -0.25) is 14.7 Å². The van der Waals surface area contributed by atoms with Gasteiger partial charge in [-0.15, -0.1) is 11.3 Å². The summed E-state index contributed by atoms with van der Waals surface area (Å²) in [5, 5.41) is 0.970. The van der Waals surface area contributed by atoms with E-state index in [-0.39, 0.29) is 0 Å². The summed E-state index contributed by atoms with van der Waals surface area (Å²) in [5.41, 5.74) is 4.77. The Morgan fingerprint density at radius 2 is 1.82 bits per heavy atom. The molecule has 8 heteroatoms. The number of nitrogens with one attached hydrogen (secondary N) is 1. The van der Waals surface area contributed by atoms with Crippen LogP contribution in [0.25, 0.3) is 21.5 Å². The summed E-state index contributed by atoms with van der Waals surface area (Å²) in [7, 11) is 1.74. The molecule has 1 N–H and O–H groups in total. The maximum Gasteiger partial charge on any atom is 0.164 e. The van der Waals surface area contributed by atoms with Crippen molar-refractivity contribution in [1.29, 1.82) is 0 Å². The summed E-state index contributed by atoms with van der Waals surface area (Å²) in [6, 6.07) is 8.34. The molecule has 5 rings (SSSR count). The number of pyridine rings is 2. The van der Waals surface area contributed by atoms with Crippen molar-refractivity contribution in [2.75, 3.05) is 13.7 Å². The van der Waals surface area contributed by atoms with Crippen molar-refractivity contribution in [1.82, 2.24) is 14.7 Å². The van der Waals surface area contributed by atoms with E-state index in [2.05, 4.69) is 79.5 Å². The highest BCUT2D eigenvalue weighted by Crippen LogP contribution is 2.40. The number of ether oxygens (including phenoxy) is 2. The normalized spacial score (nSPS) is 20.3. The van der Waals surface area contributed by atoms with Crippen molar-refractivity contribution >= 4 is 46.0 Å². The summed E-state index contributed by atoms with van der Waals surface area (Å²) >= 11 is 11.8. The average Bonchev–Trinajstić information content (AvgIpc) is 3.40. The molecule has 3 aromatic heterocycles. The lowest BCUT2D eigenvalue weighted by atomic mass is 9.96. The zero-order valence-corrected chi connectivity index (χ0v) is 25.9. The topological polar surface area (TPSA) is 56.3 Å². The van der Waals surface area contributed by atoms with Gasteiger partial charge in [0.15, 0.2) is 5.79 Å². The Bertz CT molecular complexity index is 1280. The number of thiol groups is 1. The quantitative estimate of drug-likeness (QED) is 0.307. The molecule has 0 saturated carbocycles. The molecule has 3 aromatic rings. The fourth-order valence-electron chi connectivity index (χ4n) is 4.27. The molecule has 5 nitrogen and oxygen atoms in total. The van der Waals surface area contributed by atoms with Gasteiger partial charge in [-0.05, 0) is 82.0 Å². The highest BCUT2D eigenvalue weighted by molar-refractivity contribution is 7.78. The van der Waals surface area contributed by atoms with E-state index >= 15 is 0 Å². The Hall–Kier alpha value is -1.74. The molecule has 1 atom stereocenters. The molecule has 2 aliphatic rings. The maximum atomic E-state index is 6.46. The highest BCUT2D eigenvalue weighted by atomic mass is 35.5. The van der Waals surface area contributed by atoms with Gasteiger partial charge in [-0.2, -0.15) is 0 Å². The molecular weight excluding hydrogens is 534 g/mol. The van der Waals surface area contributed by atoms with E-state index in [0.717, 1.165) is 57.3 Å². The van der Waals surface area contributed by atoms with E-state index in [1.165, 1.54) is 10.5 Å². The van der Waals surface area contributed by atoms with Crippen LogP contribution in [0.5, 0.6) is 0 Å². The molecule has 1 aliphatic carbocycles. The van der Waals surface area contributed by atoms with Gasteiger partial charge in [-0.25, -0.2) is 0 Å². The number of halogens is 1. The summed E-state index contributed by atoms with van der Waals surface area (Å²) in [5.74, 6) is 0.244. The summed E-state index contributed by atoms with van der Waals surface area (Å²) in [4.78, 5) is 10.5. The van der Waals surface area contributed by atoms with Gasteiger partial charge < -0.3 is 9.47 Å².